The van der Waals surface area contributed by atoms with Crippen LogP contribution in [0.25, 0.3) is 0 Å². The lowest BCUT2D eigenvalue weighted by Gasteiger charge is -2.29. The number of ether oxygens (including phenoxy) is 1. The van der Waals surface area contributed by atoms with Gasteiger partial charge in [-0.3, -0.25) is 0 Å². The zero-order chi connectivity index (χ0) is 14.5. The van der Waals surface area contributed by atoms with Crippen LogP contribution in [0.3, 0.4) is 0 Å². The number of aromatic nitrogens is 1. The zero-order valence-corrected chi connectivity index (χ0v) is 12.2. The minimum absolute atomic E-state index is 0.135. The highest BCUT2D eigenvalue weighted by molar-refractivity contribution is 5.92. The van der Waals surface area contributed by atoms with Gasteiger partial charge in [-0.05, 0) is 25.0 Å². The molecule has 1 saturated heterocycles. The molecule has 2 heterocycles. The van der Waals surface area contributed by atoms with Crippen molar-refractivity contribution in [3.8, 4) is 0 Å². The van der Waals surface area contributed by atoms with Crippen LogP contribution in [0.1, 0.15) is 25.7 Å². The Hall–Kier alpha value is -1.82. The summed E-state index contributed by atoms with van der Waals surface area (Å²) < 4.78 is 5.36. The number of carbonyl (C=O) groups is 1. The topological polar surface area (TPSA) is 66.5 Å². The number of morpholine rings is 1. The third-order valence-electron chi connectivity index (χ3n) is 4.04. The Morgan fingerprint density at radius 3 is 2.81 bits per heavy atom. The molecule has 0 spiro atoms. The second-order valence-electron chi connectivity index (χ2n) is 5.55. The summed E-state index contributed by atoms with van der Waals surface area (Å²) in [6.45, 7) is 3.00. The van der Waals surface area contributed by atoms with E-state index in [2.05, 4.69) is 20.5 Å². The second kappa shape index (κ2) is 6.76. The smallest absolute Gasteiger partial charge is 0.319 e. The molecule has 0 aromatic carbocycles. The number of nitrogens with one attached hydrogen (secondary N) is 2. The second-order valence-corrected chi connectivity index (χ2v) is 5.55. The van der Waals surface area contributed by atoms with Crippen LogP contribution in [-0.4, -0.2) is 43.4 Å². The van der Waals surface area contributed by atoms with E-state index in [4.69, 9.17) is 4.74 Å². The number of anilines is 2. The van der Waals surface area contributed by atoms with Crippen molar-refractivity contribution < 1.29 is 9.53 Å². The quantitative estimate of drug-likeness (QED) is 0.893. The van der Waals surface area contributed by atoms with E-state index in [0.29, 0.717) is 19.3 Å². The maximum absolute atomic E-state index is 12.1. The van der Waals surface area contributed by atoms with Gasteiger partial charge in [-0.1, -0.05) is 12.8 Å². The lowest BCUT2D eigenvalue weighted by Crippen LogP contribution is -2.39. The fourth-order valence-electron chi connectivity index (χ4n) is 2.94. The molecule has 114 valence electrons. The number of hydrogen-bond acceptors (Lipinski definition) is 4. The minimum Gasteiger partial charge on any atom is -0.378 e. The van der Waals surface area contributed by atoms with Crippen LogP contribution in [0.5, 0.6) is 0 Å². The molecular weight excluding hydrogens is 268 g/mol. The van der Waals surface area contributed by atoms with Crippen molar-refractivity contribution in [2.24, 2.45) is 0 Å². The summed E-state index contributed by atoms with van der Waals surface area (Å²) in [7, 11) is 0. The summed E-state index contributed by atoms with van der Waals surface area (Å²) in [5.41, 5.74) is 0.759. The number of hydrogen-bond donors (Lipinski definition) is 2. The van der Waals surface area contributed by atoms with Crippen LogP contribution < -0.4 is 15.5 Å². The fraction of sp³-hybridized carbons (Fsp3) is 0.600. The summed E-state index contributed by atoms with van der Waals surface area (Å²) in [4.78, 5) is 18.7. The molecule has 1 aromatic heterocycles. The highest BCUT2D eigenvalue weighted by Crippen LogP contribution is 2.24. The molecule has 3 rings (SSSR count). The van der Waals surface area contributed by atoms with Gasteiger partial charge in [0, 0.05) is 25.3 Å². The van der Waals surface area contributed by atoms with Crippen molar-refractivity contribution in [3.63, 3.8) is 0 Å². The molecule has 1 aliphatic heterocycles. The van der Waals surface area contributed by atoms with E-state index in [9.17, 15) is 4.79 Å². The first-order valence-electron chi connectivity index (χ1n) is 7.68. The third-order valence-corrected chi connectivity index (χ3v) is 4.04. The maximum Gasteiger partial charge on any atom is 0.319 e. The van der Waals surface area contributed by atoms with Crippen LogP contribution in [0.15, 0.2) is 18.3 Å². The predicted octanol–water partition coefficient (Wildman–Crippen LogP) is 1.98. The highest BCUT2D eigenvalue weighted by Gasteiger charge is 2.20. The largest absolute Gasteiger partial charge is 0.378 e. The molecule has 0 radical (unpaired) electrons. The number of urea groups is 1. The molecule has 1 saturated carbocycles. The Labute approximate surface area is 124 Å². The van der Waals surface area contributed by atoms with Crippen molar-refractivity contribution in [2.75, 3.05) is 36.5 Å². The molecule has 1 aliphatic carbocycles. The maximum atomic E-state index is 12.1. The van der Waals surface area contributed by atoms with Crippen LogP contribution in [-0.2, 0) is 4.74 Å². The molecule has 0 bridgehead atoms. The Morgan fingerprint density at radius 2 is 2.05 bits per heavy atom. The minimum atomic E-state index is -0.135. The van der Waals surface area contributed by atoms with Crippen molar-refractivity contribution >= 4 is 17.5 Å². The van der Waals surface area contributed by atoms with Gasteiger partial charge in [-0.15, -0.1) is 0 Å². The average Bonchev–Trinajstić information content (AvgIpc) is 3.01. The molecule has 1 aromatic rings. The lowest BCUT2D eigenvalue weighted by atomic mass is 10.2. The van der Waals surface area contributed by atoms with Gasteiger partial charge in [-0.25, -0.2) is 9.78 Å². The Kier molecular flexibility index (Phi) is 4.55. The van der Waals surface area contributed by atoms with E-state index >= 15 is 0 Å². The Morgan fingerprint density at radius 1 is 1.29 bits per heavy atom. The monoisotopic (exact) mass is 290 g/mol. The summed E-state index contributed by atoms with van der Waals surface area (Å²) in [5, 5.41) is 5.98. The van der Waals surface area contributed by atoms with Gasteiger partial charge in [0.05, 0.1) is 18.9 Å². The van der Waals surface area contributed by atoms with Gasteiger partial charge in [-0.2, -0.15) is 0 Å². The summed E-state index contributed by atoms with van der Waals surface area (Å²) in [6, 6.07) is 3.92. The summed E-state index contributed by atoms with van der Waals surface area (Å²) in [5.74, 6) is 0.822. The number of rotatable bonds is 3. The normalized spacial score (nSPS) is 19.5. The van der Waals surface area contributed by atoms with Crippen molar-refractivity contribution in [3.05, 3.63) is 18.3 Å². The first-order valence-corrected chi connectivity index (χ1v) is 7.68. The van der Waals surface area contributed by atoms with Crippen LogP contribution in [0, 0.1) is 0 Å². The molecule has 6 nitrogen and oxygen atoms in total. The van der Waals surface area contributed by atoms with E-state index in [1.54, 1.807) is 6.20 Å². The van der Waals surface area contributed by atoms with Crippen molar-refractivity contribution in [1.82, 2.24) is 10.3 Å². The van der Waals surface area contributed by atoms with Gasteiger partial charge in [0.25, 0.3) is 0 Å². The number of pyridine rings is 1. The highest BCUT2D eigenvalue weighted by atomic mass is 16.5. The van der Waals surface area contributed by atoms with E-state index in [-0.39, 0.29) is 6.03 Å². The third kappa shape index (κ3) is 3.64. The molecule has 0 atom stereocenters. The van der Waals surface area contributed by atoms with Gasteiger partial charge in [0.15, 0.2) is 5.82 Å². The fourth-order valence-corrected chi connectivity index (χ4v) is 2.94. The van der Waals surface area contributed by atoms with Gasteiger partial charge in [0.1, 0.15) is 0 Å². The Bertz CT molecular complexity index is 482. The molecule has 2 amide bonds. The number of nitrogens with zero attached hydrogens (tertiary/aromatic N) is 2. The van der Waals surface area contributed by atoms with Gasteiger partial charge < -0.3 is 20.3 Å². The first-order chi connectivity index (χ1) is 10.3. The van der Waals surface area contributed by atoms with Crippen molar-refractivity contribution in [1.29, 1.82) is 0 Å². The average molecular weight is 290 g/mol. The van der Waals surface area contributed by atoms with Gasteiger partial charge >= 0.3 is 6.03 Å². The van der Waals surface area contributed by atoms with Crippen molar-refractivity contribution in [2.45, 2.75) is 31.7 Å². The van der Waals surface area contributed by atoms with Crippen LogP contribution >= 0.6 is 0 Å². The van der Waals surface area contributed by atoms with E-state index < -0.39 is 0 Å². The number of amides is 2. The van der Waals surface area contributed by atoms with E-state index in [0.717, 1.165) is 37.4 Å². The summed E-state index contributed by atoms with van der Waals surface area (Å²) in [6.07, 6.45) is 6.33. The van der Waals surface area contributed by atoms with E-state index in [1.807, 2.05) is 12.1 Å². The van der Waals surface area contributed by atoms with Crippen LogP contribution in [0.2, 0.25) is 0 Å². The molecule has 2 fully saturated rings. The SMILES string of the molecule is O=C(Nc1cccnc1N1CCOCC1)NC1CCCC1. The van der Waals surface area contributed by atoms with Crippen LogP contribution in [0.4, 0.5) is 16.3 Å². The molecular formula is C15H22N4O2. The van der Waals surface area contributed by atoms with E-state index in [1.165, 1.54) is 12.8 Å². The number of carbonyl (C=O) groups excluding carboxylic acids is 1. The zero-order valence-electron chi connectivity index (χ0n) is 12.2. The molecule has 2 aliphatic rings. The first kappa shape index (κ1) is 14.1. The molecule has 2 N–H and O–H groups in total. The van der Waals surface area contributed by atoms with Gasteiger partial charge in [0.2, 0.25) is 0 Å². The molecule has 0 unspecified atom stereocenters. The molecule has 6 heteroatoms. The summed E-state index contributed by atoms with van der Waals surface area (Å²) >= 11 is 0. The lowest BCUT2D eigenvalue weighted by molar-refractivity contribution is 0.122. The standard InChI is InChI=1S/C15H22N4O2/c20-15(17-12-4-1-2-5-12)18-13-6-3-7-16-14(13)19-8-10-21-11-9-19/h3,6-7,12H,1-2,4-5,8-11H2,(H2,17,18,20). The Balaban J connectivity index is 1.65. The molecule has 21 heavy (non-hydrogen) atoms. The predicted molar refractivity (Wildman–Crippen MR) is 81.7 cm³/mol.